The summed E-state index contributed by atoms with van der Waals surface area (Å²) in [6.45, 7) is 3.19. The standard InChI is InChI=1S/C24H26N2O5/c1-23(2,20(27)25-24(21(28)29)12-7-13-24)26-22(30)31-14-19-17-10-5-3-8-15(17)16-9-4-6-11-18(16)19/h3-6,8-11,19H,7,12-14H2,1-2H3,(H,25,27)(H,26,30)(H,28,29). The molecular formula is C24H26N2O5. The smallest absolute Gasteiger partial charge is 0.408 e. The van der Waals surface area contributed by atoms with Crippen LogP contribution in [0.25, 0.3) is 11.1 Å². The minimum Gasteiger partial charge on any atom is -0.480 e. The van der Waals surface area contributed by atoms with Crippen LogP contribution in [-0.4, -0.2) is 40.8 Å². The Balaban J connectivity index is 1.40. The molecule has 0 unspecified atom stereocenters. The summed E-state index contributed by atoms with van der Waals surface area (Å²) in [7, 11) is 0. The van der Waals surface area contributed by atoms with Crippen LogP contribution in [0.5, 0.6) is 0 Å². The largest absolute Gasteiger partial charge is 0.480 e. The molecule has 4 rings (SSSR count). The lowest BCUT2D eigenvalue weighted by molar-refractivity contribution is -0.152. The second-order valence-corrected chi connectivity index (χ2v) is 8.77. The summed E-state index contributed by atoms with van der Waals surface area (Å²) >= 11 is 0. The van der Waals surface area contributed by atoms with Crippen LogP contribution in [0.15, 0.2) is 48.5 Å². The number of carboxylic acids is 1. The Morgan fingerprint density at radius 2 is 1.58 bits per heavy atom. The van der Waals surface area contributed by atoms with Gasteiger partial charge in [0.05, 0.1) is 0 Å². The molecule has 162 valence electrons. The Kier molecular flexibility index (Phi) is 5.21. The number of carbonyl (C=O) groups is 3. The van der Waals surface area contributed by atoms with Crippen molar-refractivity contribution in [2.24, 2.45) is 0 Å². The van der Waals surface area contributed by atoms with Gasteiger partial charge in [-0.05, 0) is 55.4 Å². The highest BCUT2D eigenvalue weighted by Crippen LogP contribution is 2.44. The quantitative estimate of drug-likeness (QED) is 0.662. The Morgan fingerprint density at radius 3 is 2.06 bits per heavy atom. The normalized spacial score (nSPS) is 16.5. The number of aliphatic carboxylic acids is 1. The molecule has 2 aromatic rings. The van der Waals surface area contributed by atoms with Crippen LogP contribution in [0, 0.1) is 0 Å². The minimum atomic E-state index is -1.32. The molecule has 0 spiro atoms. The zero-order chi connectivity index (χ0) is 22.2. The highest BCUT2D eigenvalue weighted by molar-refractivity contribution is 5.94. The third-order valence-corrected chi connectivity index (χ3v) is 6.30. The Morgan fingerprint density at radius 1 is 1.03 bits per heavy atom. The number of hydrogen-bond acceptors (Lipinski definition) is 4. The van der Waals surface area contributed by atoms with Crippen molar-refractivity contribution in [1.82, 2.24) is 10.6 Å². The van der Waals surface area contributed by atoms with Crippen molar-refractivity contribution in [3.05, 3.63) is 59.7 Å². The lowest BCUT2D eigenvalue weighted by Crippen LogP contribution is -2.65. The van der Waals surface area contributed by atoms with Gasteiger partial charge in [-0.25, -0.2) is 9.59 Å². The molecule has 2 aliphatic carbocycles. The number of benzene rings is 2. The lowest BCUT2D eigenvalue weighted by atomic mass is 9.76. The molecule has 0 bridgehead atoms. The maximum Gasteiger partial charge on any atom is 0.408 e. The lowest BCUT2D eigenvalue weighted by Gasteiger charge is -2.40. The van der Waals surface area contributed by atoms with Gasteiger partial charge in [0.25, 0.3) is 0 Å². The fourth-order valence-electron chi connectivity index (χ4n) is 4.24. The van der Waals surface area contributed by atoms with Crippen molar-refractivity contribution in [3.63, 3.8) is 0 Å². The number of nitrogens with one attached hydrogen (secondary N) is 2. The van der Waals surface area contributed by atoms with E-state index in [1.807, 2.05) is 36.4 Å². The highest BCUT2D eigenvalue weighted by Gasteiger charge is 2.48. The molecule has 2 aliphatic rings. The first-order valence-electron chi connectivity index (χ1n) is 10.4. The Hall–Kier alpha value is -3.35. The van der Waals surface area contributed by atoms with Gasteiger partial charge in [0.2, 0.25) is 5.91 Å². The molecule has 0 saturated heterocycles. The van der Waals surface area contributed by atoms with E-state index in [-0.39, 0.29) is 12.5 Å². The van der Waals surface area contributed by atoms with E-state index in [1.165, 1.54) is 13.8 Å². The second kappa shape index (κ2) is 7.72. The molecule has 0 atom stereocenters. The topological polar surface area (TPSA) is 105 Å². The molecule has 0 radical (unpaired) electrons. The first-order chi connectivity index (χ1) is 14.7. The van der Waals surface area contributed by atoms with Crippen LogP contribution in [0.1, 0.15) is 50.2 Å². The van der Waals surface area contributed by atoms with E-state index in [2.05, 4.69) is 22.8 Å². The Labute approximate surface area is 180 Å². The Bertz CT molecular complexity index is 996. The van der Waals surface area contributed by atoms with Gasteiger partial charge >= 0.3 is 12.1 Å². The SMILES string of the molecule is CC(C)(NC(=O)OCC1c2ccccc2-c2ccccc21)C(=O)NC1(C(=O)O)CCC1. The van der Waals surface area contributed by atoms with Gasteiger partial charge in [-0.3, -0.25) is 4.79 Å². The van der Waals surface area contributed by atoms with Crippen molar-refractivity contribution >= 4 is 18.0 Å². The molecule has 0 heterocycles. The fourth-order valence-corrected chi connectivity index (χ4v) is 4.24. The van der Waals surface area contributed by atoms with Gasteiger partial charge in [-0.2, -0.15) is 0 Å². The maximum absolute atomic E-state index is 12.7. The van der Waals surface area contributed by atoms with Gasteiger partial charge < -0.3 is 20.5 Å². The summed E-state index contributed by atoms with van der Waals surface area (Å²) in [4.78, 5) is 36.7. The van der Waals surface area contributed by atoms with Gasteiger partial charge in [0.1, 0.15) is 17.7 Å². The molecule has 7 nitrogen and oxygen atoms in total. The first-order valence-corrected chi connectivity index (χ1v) is 10.4. The third kappa shape index (κ3) is 3.76. The molecule has 2 aromatic carbocycles. The summed E-state index contributed by atoms with van der Waals surface area (Å²) in [6, 6.07) is 16.1. The summed E-state index contributed by atoms with van der Waals surface area (Å²) < 4.78 is 5.50. The molecule has 0 aliphatic heterocycles. The van der Waals surface area contributed by atoms with E-state index in [9.17, 15) is 19.5 Å². The first kappa shape index (κ1) is 20.9. The number of rotatable bonds is 6. The summed E-state index contributed by atoms with van der Waals surface area (Å²) in [5, 5.41) is 14.6. The fraction of sp³-hybridized carbons (Fsp3) is 0.375. The third-order valence-electron chi connectivity index (χ3n) is 6.30. The van der Waals surface area contributed by atoms with E-state index in [4.69, 9.17) is 4.74 Å². The minimum absolute atomic E-state index is 0.0830. The second-order valence-electron chi connectivity index (χ2n) is 8.77. The molecule has 1 fully saturated rings. The van der Waals surface area contributed by atoms with Crippen molar-refractivity contribution < 1.29 is 24.2 Å². The number of hydrogen-bond donors (Lipinski definition) is 3. The number of ether oxygens (including phenoxy) is 1. The molecule has 3 N–H and O–H groups in total. The van der Waals surface area contributed by atoms with E-state index in [0.717, 1.165) is 28.7 Å². The number of carboxylic acid groups (broad SMARTS) is 1. The number of alkyl carbamates (subject to hydrolysis) is 1. The van der Waals surface area contributed by atoms with E-state index in [1.54, 1.807) is 0 Å². The zero-order valence-corrected chi connectivity index (χ0v) is 17.6. The monoisotopic (exact) mass is 422 g/mol. The van der Waals surface area contributed by atoms with Crippen molar-refractivity contribution in [3.8, 4) is 11.1 Å². The average Bonchev–Trinajstić information content (AvgIpc) is 3.02. The van der Waals surface area contributed by atoms with Crippen LogP contribution in [0.3, 0.4) is 0 Å². The van der Waals surface area contributed by atoms with Gasteiger partial charge in [-0.1, -0.05) is 48.5 Å². The van der Waals surface area contributed by atoms with Crippen LogP contribution in [0.4, 0.5) is 4.79 Å². The van der Waals surface area contributed by atoms with Gasteiger partial charge in [-0.15, -0.1) is 0 Å². The van der Waals surface area contributed by atoms with Gasteiger partial charge in [0.15, 0.2) is 0 Å². The average molecular weight is 422 g/mol. The summed E-state index contributed by atoms with van der Waals surface area (Å²) in [5.41, 5.74) is 1.90. The summed E-state index contributed by atoms with van der Waals surface area (Å²) in [5.74, 6) is -1.69. The van der Waals surface area contributed by atoms with Crippen molar-refractivity contribution in [1.29, 1.82) is 0 Å². The van der Waals surface area contributed by atoms with Crippen LogP contribution >= 0.6 is 0 Å². The van der Waals surface area contributed by atoms with Crippen LogP contribution in [-0.2, 0) is 14.3 Å². The van der Waals surface area contributed by atoms with Crippen molar-refractivity contribution in [2.45, 2.75) is 50.1 Å². The molecular weight excluding hydrogens is 396 g/mol. The molecule has 1 saturated carbocycles. The van der Waals surface area contributed by atoms with E-state index < -0.39 is 29.0 Å². The van der Waals surface area contributed by atoms with E-state index in [0.29, 0.717) is 12.8 Å². The molecule has 7 heteroatoms. The zero-order valence-electron chi connectivity index (χ0n) is 17.6. The number of carbonyl (C=O) groups excluding carboxylic acids is 2. The highest BCUT2D eigenvalue weighted by atomic mass is 16.5. The van der Waals surface area contributed by atoms with Crippen LogP contribution < -0.4 is 10.6 Å². The summed E-state index contributed by atoms with van der Waals surface area (Å²) in [6.07, 6.45) is 0.789. The molecule has 2 amide bonds. The molecule has 31 heavy (non-hydrogen) atoms. The number of amides is 2. The van der Waals surface area contributed by atoms with Crippen molar-refractivity contribution in [2.75, 3.05) is 6.61 Å². The van der Waals surface area contributed by atoms with Crippen LogP contribution in [0.2, 0.25) is 0 Å². The molecule has 0 aromatic heterocycles. The number of fused-ring (bicyclic) bond motifs is 3. The predicted octanol–water partition coefficient (Wildman–Crippen LogP) is 3.43. The predicted molar refractivity (Wildman–Crippen MR) is 115 cm³/mol. The maximum atomic E-state index is 12.7. The van der Waals surface area contributed by atoms with E-state index >= 15 is 0 Å². The van der Waals surface area contributed by atoms with Gasteiger partial charge in [0, 0.05) is 5.92 Å².